The molecule has 3 amide bonds. The fourth-order valence-corrected chi connectivity index (χ4v) is 5.70. The molecule has 204 valence electrons. The number of primary amides is 1. The highest BCUT2D eigenvalue weighted by atomic mass is 16.5. The molecular formula is C32H37N3O4. The number of hydrogen-bond donors (Lipinski definition) is 2. The van der Waals surface area contributed by atoms with E-state index in [-0.39, 0.29) is 17.9 Å². The van der Waals surface area contributed by atoms with Gasteiger partial charge >= 0.3 is 0 Å². The predicted octanol–water partition coefficient (Wildman–Crippen LogP) is 4.40. The summed E-state index contributed by atoms with van der Waals surface area (Å²) in [5, 5.41) is 2.99. The van der Waals surface area contributed by atoms with E-state index in [4.69, 9.17) is 10.5 Å². The van der Waals surface area contributed by atoms with Gasteiger partial charge in [-0.3, -0.25) is 14.4 Å². The summed E-state index contributed by atoms with van der Waals surface area (Å²) in [5.41, 5.74) is 9.06. The number of nitrogens with one attached hydrogen (secondary N) is 1. The molecule has 1 fully saturated rings. The molecule has 1 aliphatic heterocycles. The molecule has 0 spiro atoms. The van der Waals surface area contributed by atoms with Crippen LogP contribution in [0.4, 0.5) is 0 Å². The summed E-state index contributed by atoms with van der Waals surface area (Å²) >= 11 is 0. The van der Waals surface area contributed by atoms with Crippen LogP contribution in [0.25, 0.3) is 0 Å². The Labute approximate surface area is 230 Å². The van der Waals surface area contributed by atoms with E-state index in [2.05, 4.69) is 24.4 Å². The highest BCUT2D eigenvalue weighted by Gasteiger charge is 2.44. The first-order valence-electron chi connectivity index (χ1n) is 13.5. The molecule has 1 saturated heterocycles. The molecular weight excluding hydrogens is 490 g/mol. The maximum absolute atomic E-state index is 12.4. The number of carbonyl (C=O) groups excluding carboxylic acids is 3. The van der Waals surface area contributed by atoms with Crippen molar-refractivity contribution < 1.29 is 19.1 Å². The van der Waals surface area contributed by atoms with Crippen LogP contribution in [0, 0.1) is 0 Å². The van der Waals surface area contributed by atoms with Crippen molar-refractivity contribution in [2.24, 2.45) is 5.73 Å². The van der Waals surface area contributed by atoms with Crippen LogP contribution in [0.15, 0.2) is 78.9 Å². The summed E-state index contributed by atoms with van der Waals surface area (Å²) in [6, 6.07) is 25.4. The fourth-order valence-electron chi connectivity index (χ4n) is 5.70. The van der Waals surface area contributed by atoms with E-state index in [0.29, 0.717) is 30.3 Å². The van der Waals surface area contributed by atoms with Crippen LogP contribution >= 0.6 is 0 Å². The Hall–Kier alpha value is -4.13. The van der Waals surface area contributed by atoms with Gasteiger partial charge < -0.3 is 20.7 Å². The van der Waals surface area contributed by atoms with Gasteiger partial charge in [-0.25, -0.2) is 0 Å². The molecule has 7 nitrogen and oxygen atoms in total. The number of fused-ring (bicyclic) bond motifs is 1. The molecule has 1 heterocycles. The number of piperidine rings is 1. The van der Waals surface area contributed by atoms with Gasteiger partial charge in [0.2, 0.25) is 12.3 Å². The molecule has 0 unspecified atom stereocenters. The van der Waals surface area contributed by atoms with Crippen LogP contribution in [0.1, 0.15) is 65.6 Å². The van der Waals surface area contributed by atoms with Crippen molar-refractivity contribution in [1.82, 2.24) is 10.2 Å². The zero-order valence-corrected chi connectivity index (χ0v) is 22.6. The predicted molar refractivity (Wildman–Crippen MR) is 152 cm³/mol. The molecule has 0 radical (unpaired) electrons. The van der Waals surface area contributed by atoms with Gasteiger partial charge in [-0.2, -0.15) is 0 Å². The second-order valence-electron chi connectivity index (χ2n) is 10.3. The Morgan fingerprint density at radius 2 is 1.59 bits per heavy atom. The number of benzene rings is 3. The van der Waals surface area contributed by atoms with Crippen LogP contribution in [0.3, 0.4) is 0 Å². The third kappa shape index (κ3) is 5.98. The topological polar surface area (TPSA) is 102 Å². The van der Waals surface area contributed by atoms with E-state index in [1.54, 1.807) is 24.1 Å². The van der Waals surface area contributed by atoms with Crippen LogP contribution in [-0.2, 0) is 15.0 Å². The first-order valence-corrected chi connectivity index (χ1v) is 13.5. The van der Waals surface area contributed by atoms with Crippen molar-refractivity contribution in [2.75, 3.05) is 20.2 Å². The Kier molecular flexibility index (Phi) is 9.02. The summed E-state index contributed by atoms with van der Waals surface area (Å²) in [4.78, 5) is 36.9. The number of likely N-dealkylation sites (tertiary alicyclic amines) is 1. The lowest BCUT2D eigenvalue weighted by Crippen LogP contribution is -2.45. The van der Waals surface area contributed by atoms with Gasteiger partial charge in [0, 0.05) is 19.1 Å². The standard InChI is InChI=1S/C18H19NO.C14H18N2O3/c1-13-11-12-18(17(19)20,14-7-3-2-4-8-14)16-10-6-5-9-15(13)16;1-19-13-5-3-2-4-12(13)14(18)15-11-6-8-16(10-17)9-7-11/h2-10,13H,11-12H2,1H3,(H2,19,20);2-5,10-11H,6-9H2,1H3,(H,15,18)/t13-,18+;/m1./s1. The third-order valence-electron chi connectivity index (χ3n) is 7.96. The molecule has 3 aromatic carbocycles. The number of nitrogens with zero attached hydrogens (tertiary/aromatic N) is 1. The number of carbonyl (C=O) groups is 3. The van der Waals surface area contributed by atoms with Crippen molar-refractivity contribution in [1.29, 1.82) is 0 Å². The molecule has 2 aliphatic rings. The monoisotopic (exact) mass is 527 g/mol. The molecule has 0 saturated carbocycles. The zero-order valence-electron chi connectivity index (χ0n) is 22.6. The normalized spacial score (nSPS) is 20.6. The molecule has 0 aromatic heterocycles. The minimum Gasteiger partial charge on any atom is -0.496 e. The first-order chi connectivity index (χ1) is 18.9. The summed E-state index contributed by atoms with van der Waals surface area (Å²) < 4.78 is 5.17. The molecule has 3 aromatic rings. The average molecular weight is 528 g/mol. The smallest absolute Gasteiger partial charge is 0.255 e. The van der Waals surface area contributed by atoms with Crippen molar-refractivity contribution in [3.8, 4) is 5.75 Å². The van der Waals surface area contributed by atoms with Gasteiger partial charge in [-0.15, -0.1) is 0 Å². The number of methoxy groups -OCH3 is 1. The Morgan fingerprint density at radius 3 is 2.26 bits per heavy atom. The summed E-state index contributed by atoms with van der Waals surface area (Å²) in [7, 11) is 1.55. The molecule has 7 heteroatoms. The van der Waals surface area contributed by atoms with Gasteiger partial charge in [0.05, 0.1) is 18.1 Å². The number of hydrogen-bond acceptors (Lipinski definition) is 4. The highest BCUT2D eigenvalue weighted by Crippen LogP contribution is 2.46. The SMILES string of the molecule is COc1ccccc1C(=O)NC1CCN(C=O)CC1.C[C@@H]1CC[C@](C(N)=O)(c2ccccc2)c2ccccc21. The Balaban J connectivity index is 0.000000181. The maximum Gasteiger partial charge on any atom is 0.255 e. The molecule has 1 aliphatic carbocycles. The van der Waals surface area contributed by atoms with E-state index < -0.39 is 5.41 Å². The Bertz CT molecular complexity index is 1290. The minimum atomic E-state index is -0.676. The van der Waals surface area contributed by atoms with Crippen LogP contribution < -0.4 is 15.8 Å². The molecule has 3 N–H and O–H groups in total. The van der Waals surface area contributed by atoms with E-state index in [9.17, 15) is 14.4 Å². The molecule has 0 bridgehead atoms. The average Bonchev–Trinajstić information content (AvgIpc) is 2.98. The molecule has 5 rings (SSSR count). The second-order valence-corrected chi connectivity index (χ2v) is 10.3. The molecule has 2 atom stereocenters. The van der Waals surface area contributed by atoms with Crippen molar-refractivity contribution in [2.45, 2.75) is 50.0 Å². The van der Waals surface area contributed by atoms with Crippen LogP contribution in [0.2, 0.25) is 0 Å². The summed E-state index contributed by atoms with van der Waals surface area (Å²) in [5.74, 6) is 0.678. The number of para-hydroxylation sites is 1. The second kappa shape index (κ2) is 12.6. The lowest BCUT2D eigenvalue weighted by Gasteiger charge is -2.39. The van der Waals surface area contributed by atoms with E-state index in [1.807, 2.05) is 54.6 Å². The van der Waals surface area contributed by atoms with Crippen LogP contribution in [0.5, 0.6) is 5.75 Å². The number of ether oxygens (including phenoxy) is 1. The quantitative estimate of drug-likeness (QED) is 0.464. The van der Waals surface area contributed by atoms with Crippen molar-refractivity contribution in [3.63, 3.8) is 0 Å². The van der Waals surface area contributed by atoms with E-state index in [0.717, 1.165) is 43.2 Å². The summed E-state index contributed by atoms with van der Waals surface area (Å²) in [6.07, 6.45) is 4.21. The minimum absolute atomic E-state index is 0.119. The Morgan fingerprint density at radius 1 is 0.949 bits per heavy atom. The lowest BCUT2D eigenvalue weighted by atomic mass is 9.63. The highest BCUT2D eigenvalue weighted by molar-refractivity contribution is 5.97. The van der Waals surface area contributed by atoms with E-state index >= 15 is 0 Å². The fraction of sp³-hybridized carbons (Fsp3) is 0.344. The van der Waals surface area contributed by atoms with Crippen molar-refractivity contribution in [3.05, 3.63) is 101 Å². The molecule has 39 heavy (non-hydrogen) atoms. The number of rotatable bonds is 6. The van der Waals surface area contributed by atoms with Gasteiger partial charge in [-0.05, 0) is 60.4 Å². The first kappa shape index (κ1) is 27.9. The summed E-state index contributed by atoms with van der Waals surface area (Å²) in [6.45, 7) is 3.61. The number of amides is 3. The third-order valence-corrected chi connectivity index (χ3v) is 7.96. The zero-order chi connectivity index (χ0) is 27.8. The van der Waals surface area contributed by atoms with Gasteiger partial charge in [0.15, 0.2) is 0 Å². The van der Waals surface area contributed by atoms with Gasteiger partial charge in [0.1, 0.15) is 5.75 Å². The van der Waals surface area contributed by atoms with Crippen LogP contribution in [-0.4, -0.2) is 49.4 Å². The lowest BCUT2D eigenvalue weighted by molar-refractivity contribution is -0.122. The maximum atomic E-state index is 12.4. The van der Waals surface area contributed by atoms with Gasteiger partial charge in [0.25, 0.3) is 5.91 Å². The largest absolute Gasteiger partial charge is 0.496 e. The van der Waals surface area contributed by atoms with Gasteiger partial charge in [-0.1, -0.05) is 73.7 Å². The van der Waals surface area contributed by atoms with E-state index in [1.165, 1.54) is 5.56 Å². The number of nitrogens with two attached hydrogens (primary N) is 1. The van der Waals surface area contributed by atoms with Crippen molar-refractivity contribution >= 4 is 18.2 Å².